The van der Waals surface area contributed by atoms with Gasteiger partial charge in [0.05, 0.1) is 5.69 Å². The van der Waals surface area contributed by atoms with Gasteiger partial charge in [0, 0.05) is 45.1 Å². The molecule has 3 aromatic carbocycles. The maximum atomic E-state index is 4.81. The molecule has 0 unspecified atom stereocenters. The van der Waals surface area contributed by atoms with Crippen LogP contribution in [0.5, 0.6) is 0 Å². The van der Waals surface area contributed by atoms with Crippen LogP contribution in [-0.4, -0.2) is 24.8 Å². The summed E-state index contributed by atoms with van der Waals surface area (Å²) in [5.41, 5.74) is 4.96. The molecule has 3 aromatic heterocycles. The Morgan fingerprint density at radius 3 is 2.39 bits per heavy atom. The first-order valence-electron chi connectivity index (χ1n) is 12.0. The highest BCUT2D eigenvalue weighted by Gasteiger charge is 2.26. The van der Waals surface area contributed by atoms with E-state index in [-0.39, 0.29) is 0 Å². The zero-order chi connectivity index (χ0) is 23.9. The van der Waals surface area contributed by atoms with Gasteiger partial charge in [-0.25, -0.2) is 9.50 Å². The van der Waals surface area contributed by atoms with Gasteiger partial charge in [-0.1, -0.05) is 66.4 Å². The lowest BCUT2D eigenvalue weighted by atomic mass is 10.0. The van der Waals surface area contributed by atoms with Crippen molar-refractivity contribution in [3.8, 4) is 11.3 Å². The van der Waals surface area contributed by atoms with Crippen molar-refractivity contribution in [1.29, 1.82) is 0 Å². The number of nitrogens with zero attached hydrogens (tertiary/aromatic N) is 5. The molecular formula is C29H22N6S. The largest absolute Gasteiger partial charge is 0.338 e. The van der Waals surface area contributed by atoms with E-state index in [0.717, 1.165) is 54.8 Å². The highest BCUT2D eigenvalue weighted by Crippen LogP contribution is 2.40. The smallest absolute Gasteiger partial charge is 0.161 e. The molecule has 0 aliphatic heterocycles. The molecule has 6 aromatic rings. The van der Waals surface area contributed by atoms with E-state index in [2.05, 4.69) is 75.1 Å². The third-order valence-electron chi connectivity index (χ3n) is 6.41. The second kappa shape index (κ2) is 8.77. The van der Waals surface area contributed by atoms with E-state index in [1.54, 1.807) is 11.8 Å². The summed E-state index contributed by atoms with van der Waals surface area (Å²) in [5, 5.41) is 20.5. The second-order valence-corrected chi connectivity index (χ2v) is 10.1. The molecule has 1 fully saturated rings. The summed E-state index contributed by atoms with van der Waals surface area (Å²) in [6, 6.07) is 30.9. The van der Waals surface area contributed by atoms with Gasteiger partial charge in [-0.15, -0.1) is 10.2 Å². The van der Waals surface area contributed by atoms with Crippen LogP contribution in [0.25, 0.3) is 27.7 Å². The van der Waals surface area contributed by atoms with Crippen LogP contribution in [-0.2, 0) is 0 Å². The summed E-state index contributed by atoms with van der Waals surface area (Å²) in [6.07, 6.45) is 4.32. The van der Waals surface area contributed by atoms with Crippen molar-refractivity contribution in [3.05, 3.63) is 103 Å². The van der Waals surface area contributed by atoms with Gasteiger partial charge >= 0.3 is 0 Å². The average molecular weight is 487 g/mol. The van der Waals surface area contributed by atoms with Gasteiger partial charge in [0.2, 0.25) is 0 Å². The topological polar surface area (TPSA) is 68.0 Å². The van der Waals surface area contributed by atoms with Gasteiger partial charge in [-0.2, -0.15) is 5.10 Å². The van der Waals surface area contributed by atoms with E-state index in [0.29, 0.717) is 5.92 Å². The Hall–Kier alpha value is -4.23. The lowest BCUT2D eigenvalue weighted by Crippen LogP contribution is -1.99. The predicted molar refractivity (Wildman–Crippen MR) is 144 cm³/mol. The predicted octanol–water partition coefficient (Wildman–Crippen LogP) is 7.11. The summed E-state index contributed by atoms with van der Waals surface area (Å²) in [4.78, 5) is 5.62. The minimum Gasteiger partial charge on any atom is -0.338 e. The Labute approximate surface area is 212 Å². The molecule has 0 radical (unpaired) electrons. The lowest BCUT2D eigenvalue weighted by Gasteiger charge is -2.12. The van der Waals surface area contributed by atoms with E-state index in [1.165, 1.54) is 12.8 Å². The molecule has 0 spiro atoms. The van der Waals surface area contributed by atoms with Crippen molar-refractivity contribution >= 4 is 39.7 Å². The average Bonchev–Trinajstić information content (AvgIpc) is 3.69. The minimum atomic E-state index is 0.607. The maximum absolute atomic E-state index is 4.81. The Morgan fingerprint density at radius 2 is 1.58 bits per heavy atom. The molecule has 0 saturated heterocycles. The molecular weight excluding hydrogens is 464 g/mol. The molecule has 0 atom stereocenters. The van der Waals surface area contributed by atoms with Crippen LogP contribution in [0.15, 0.2) is 107 Å². The van der Waals surface area contributed by atoms with Crippen molar-refractivity contribution in [2.24, 2.45) is 0 Å². The fourth-order valence-electron chi connectivity index (χ4n) is 4.42. The van der Waals surface area contributed by atoms with Crippen molar-refractivity contribution in [2.45, 2.75) is 28.7 Å². The van der Waals surface area contributed by atoms with Gasteiger partial charge in [-0.05, 0) is 43.2 Å². The Kier molecular flexibility index (Phi) is 5.14. The summed E-state index contributed by atoms with van der Waals surface area (Å²) < 4.78 is 1.96. The Balaban J connectivity index is 1.15. The second-order valence-electron chi connectivity index (χ2n) is 8.96. The van der Waals surface area contributed by atoms with Crippen LogP contribution in [0.1, 0.15) is 24.5 Å². The third-order valence-corrected chi connectivity index (χ3v) is 7.44. The zero-order valence-electron chi connectivity index (χ0n) is 19.4. The molecule has 1 saturated carbocycles. The van der Waals surface area contributed by atoms with E-state index in [4.69, 9.17) is 5.10 Å². The summed E-state index contributed by atoms with van der Waals surface area (Å²) >= 11 is 1.68. The monoisotopic (exact) mass is 486 g/mol. The summed E-state index contributed by atoms with van der Waals surface area (Å²) in [6.45, 7) is 0. The molecule has 1 aliphatic carbocycles. The SMILES string of the molecule is c1ccc(-c2nnc(Nc3ccc(Sc4ccnc5cc(C6CC6)nn45)cc3)c3ccccc23)cc1. The minimum absolute atomic E-state index is 0.607. The zero-order valence-corrected chi connectivity index (χ0v) is 20.2. The van der Waals surface area contributed by atoms with Crippen LogP contribution >= 0.6 is 11.8 Å². The van der Waals surface area contributed by atoms with E-state index in [1.807, 2.05) is 47.1 Å². The van der Waals surface area contributed by atoms with Crippen LogP contribution in [0.2, 0.25) is 0 Å². The Morgan fingerprint density at radius 1 is 0.806 bits per heavy atom. The van der Waals surface area contributed by atoms with Gasteiger partial charge in [0.25, 0.3) is 0 Å². The number of aromatic nitrogens is 5. The van der Waals surface area contributed by atoms with Crippen LogP contribution in [0.3, 0.4) is 0 Å². The number of hydrogen-bond donors (Lipinski definition) is 1. The summed E-state index contributed by atoms with van der Waals surface area (Å²) in [5.74, 6) is 1.35. The molecule has 6 nitrogen and oxygen atoms in total. The highest BCUT2D eigenvalue weighted by atomic mass is 32.2. The molecule has 174 valence electrons. The molecule has 7 heteroatoms. The van der Waals surface area contributed by atoms with Crippen molar-refractivity contribution < 1.29 is 0 Å². The number of anilines is 2. The number of benzene rings is 3. The Bertz CT molecular complexity index is 1690. The first-order chi connectivity index (χ1) is 17.8. The number of nitrogens with one attached hydrogen (secondary N) is 1. The maximum Gasteiger partial charge on any atom is 0.161 e. The fourth-order valence-corrected chi connectivity index (χ4v) is 5.28. The van der Waals surface area contributed by atoms with E-state index < -0.39 is 0 Å². The van der Waals surface area contributed by atoms with E-state index >= 15 is 0 Å². The standard InChI is InChI=1S/C29H22N6S/c1-2-6-20(7-3-1)28-23-8-4-5-9-24(23)29(33-32-28)31-21-12-14-22(15-13-21)36-27-16-17-30-26-18-25(19-10-11-19)34-35(26)27/h1-9,12-19H,10-11H2,(H,31,33). The molecule has 0 amide bonds. The quantitative estimate of drug-likeness (QED) is 0.253. The summed E-state index contributed by atoms with van der Waals surface area (Å²) in [7, 11) is 0. The van der Waals surface area contributed by atoms with Crippen LogP contribution in [0, 0.1) is 0 Å². The van der Waals surface area contributed by atoms with Crippen LogP contribution < -0.4 is 5.32 Å². The molecule has 3 heterocycles. The normalized spacial score (nSPS) is 13.3. The number of fused-ring (bicyclic) bond motifs is 2. The lowest BCUT2D eigenvalue weighted by molar-refractivity contribution is 0.810. The first kappa shape index (κ1) is 21.1. The van der Waals surface area contributed by atoms with Gasteiger partial charge in [0.1, 0.15) is 10.7 Å². The van der Waals surface area contributed by atoms with Crippen molar-refractivity contribution in [1.82, 2.24) is 24.8 Å². The van der Waals surface area contributed by atoms with Crippen LogP contribution in [0.4, 0.5) is 11.5 Å². The number of hydrogen-bond acceptors (Lipinski definition) is 6. The van der Waals surface area contributed by atoms with Gasteiger partial charge < -0.3 is 5.32 Å². The third kappa shape index (κ3) is 3.97. The van der Waals surface area contributed by atoms with Gasteiger partial charge in [0.15, 0.2) is 11.5 Å². The molecule has 36 heavy (non-hydrogen) atoms. The molecule has 1 N–H and O–H groups in total. The van der Waals surface area contributed by atoms with Gasteiger partial charge in [-0.3, -0.25) is 0 Å². The van der Waals surface area contributed by atoms with Crippen molar-refractivity contribution in [3.63, 3.8) is 0 Å². The van der Waals surface area contributed by atoms with Crippen molar-refractivity contribution in [2.75, 3.05) is 5.32 Å². The molecule has 1 aliphatic rings. The first-order valence-corrected chi connectivity index (χ1v) is 12.8. The fraction of sp³-hybridized carbons (Fsp3) is 0.103. The molecule has 7 rings (SSSR count). The highest BCUT2D eigenvalue weighted by molar-refractivity contribution is 7.99. The molecule has 0 bridgehead atoms. The number of rotatable bonds is 6. The van der Waals surface area contributed by atoms with E-state index in [9.17, 15) is 0 Å².